The molecule has 0 aliphatic carbocycles. The number of rotatable bonds is 5. The van der Waals surface area contributed by atoms with Gasteiger partial charge in [0.25, 0.3) is 5.91 Å². The van der Waals surface area contributed by atoms with E-state index in [0.29, 0.717) is 22.9 Å². The van der Waals surface area contributed by atoms with Crippen molar-refractivity contribution in [2.45, 2.75) is 12.5 Å². The molecule has 1 unspecified atom stereocenters. The molecule has 0 saturated heterocycles. The highest BCUT2D eigenvalue weighted by Crippen LogP contribution is 2.18. The summed E-state index contributed by atoms with van der Waals surface area (Å²) in [5, 5.41) is 3.51. The van der Waals surface area contributed by atoms with Crippen LogP contribution in [0.5, 0.6) is 0 Å². The standard InChI is InChI=1S/C16H14Cl2INO/c17-10-13(8-11-4-2-1-3-5-11)20-16(21)14-9-12(18)6-7-15(14)19/h1-7,9,13H,8,10H2,(H,20,21). The molecule has 1 amide bonds. The van der Waals surface area contributed by atoms with E-state index >= 15 is 0 Å². The van der Waals surface area contributed by atoms with Crippen LogP contribution in [0.4, 0.5) is 0 Å². The van der Waals surface area contributed by atoms with Crippen LogP contribution >= 0.6 is 45.8 Å². The predicted molar refractivity (Wildman–Crippen MR) is 96.3 cm³/mol. The number of carbonyl (C=O) groups excluding carboxylic acids is 1. The van der Waals surface area contributed by atoms with Gasteiger partial charge in [0, 0.05) is 20.5 Å². The van der Waals surface area contributed by atoms with Crippen molar-refractivity contribution in [3.8, 4) is 0 Å². The molecule has 2 nitrogen and oxygen atoms in total. The zero-order valence-electron chi connectivity index (χ0n) is 11.2. The van der Waals surface area contributed by atoms with E-state index in [1.54, 1.807) is 12.1 Å². The number of nitrogens with one attached hydrogen (secondary N) is 1. The third kappa shape index (κ3) is 4.87. The summed E-state index contributed by atoms with van der Waals surface area (Å²) in [6.45, 7) is 0. The van der Waals surface area contributed by atoms with E-state index in [-0.39, 0.29) is 11.9 Å². The van der Waals surface area contributed by atoms with Crippen molar-refractivity contribution in [1.82, 2.24) is 5.32 Å². The molecule has 0 aliphatic heterocycles. The van der Waals surface area contributed by atoms with Crippen LogP contribution in [-0.4, -0.2) is 17.8 Å². The van der Waals surface area contributed by atoms with Crippen molar-refractivity contribution < 1.29 is 4.79 Å². The fourth-order valence-electron chi connectivity index (χ4n) is 1.98. The van der Waals surface area contributed by atoms with E-state index < -0.39 is 0 Å². The maximum atomic E-state index is 12.3. The molecule has 0 radical (unpaired) electrons. The normalized spacial score (nSPS) is 12.0. The van der Waals surface area contributed by atoms with E-state index in [1.807, 2.05) is 36.4 Å². The first-order valence-corrected chi connectivity index (χ1v) is 8.45. The second kappa shape index (κ2) is 8.01. The van der Waals surface area contributed by atoms with E-state index in [0.717, 1.165) is 9.13 Å². The highest BCUT2D eigenvalue weighted by atomic mass is 127. The minimum Gasteiger partial charge on any atom is -0.348 e. The second-order valence-electron chi connectivity index (χ2n) is 4.64. The van der Waals surface area contributed by atoms with Gasteiger partial charge in [-0.2, -0.15) is 0 Å². The molecule has 110 valence electrons. The fourth-order valence-corrected chi connectivity index (χ4v) is 2.92. The molecule has 0 saturated carbocycles. The van der Waals surface area contributed by atoms with Gasteiger partial charge in [-0.15, -0.1) is 11.6 Å². The SMILES string of the molecule is O=C(NC(CCl)Cc1ccccc1)c1cc(Cl)ccc1I. The van der Waals surface area contributed by atoms with E-state index in [9.17, 15) is 4.79 Å². The smallest absolute Gasteiger partial charge is 0.252 e. The van der Waals surface area contributed by atoms with Crippen molar-refractivity contribution in [2.75, 3.05) is 5.88 Å². The Morgan fingerprint density at radius 1 is 1.19 bits per heavy atom. The summed E-state index contributed by atoms with van der Waals surface area (Å²) < 4.78 is 0.863. The first kappa shape index (κ1) is 16.6. The van der Waals surface area contributed by atoms with Crippen molar-refractivity contribution in [1.29, 1.82) is 0 Å². The molecular formula is C16H14Cl2INO. The molecule has 1 N–H and O–H groups in total. The Balaban J connectivity index is 2.07. The number of benzene rings is 2. The first-order valence-electron chi connectivity index (χ1n) is 6.46. The molecule has 0 bridgehead atoms. The van der Waals surface area contributed by atoms with Gasteiger partial charge in [0.05, 0.1) is 5.56 Å². The highest BCUT2D eigenvalue weighted by Gasteiger charge is 2.16. The summed E-state index contributed by atoms with van der Waals surface area (Å²) in [4.78, 5) is 12.3. The third-order valence-corrected chi connectivity index (χ3v) is 4.57. The van der Waals surface area contributed by atoms with Crippen molar-refractivity contribution in [2.24, 2.45) is 0 Å². The Hall–Kier alpha value is -0.780. The second-order valence-corrected chi connectivity index (χ2v) is 6.55. The van der Waals surface area contributed by atoms with Crippen LogP contribution in [0.25, 0.3) is 0 Å². The average Bonchev–Trinajstić information content (AvgIpc) is 2.50. The summed E-state index contributed by atoms with van der Waals surface area (Å²) >= 11 is 14.1. The molecule has 2 rings (SSSR count). The lowest BCUT2D eigenvalue weighted by atomic mass is 10.1. The maximum Gasteiger partial charge on any atom is 0.252 e. The number of carbonyl (C=O) groups is 1. The molecule has 2 aromatic rings. The molecule has 2 aromatic carbocycles. The summed E-state index contributed by atoms with van der Waals surface area (Å²) in [6.07, 6.45) is 0.702. The molecule has 1 atom stereocenters. The minimum atomic E-state index is -0.150. The molecule has 0 spiro atoms. The summed E-state index contributed by atoms with van der Waals surface area (Å²) in [6, 6.07) is 15.1. The number of halogens is 3. The zero-order chi connectivity index (χ0) is 15.2. The molecule has 21 heavy (non-hydrogen) atoms. The van der Waals surface area contributed by atoms with E-state index in [4.69, 9.17) is 23.2 Å². The van der Waals surface area contributed by atoms with Gasteiger partial charge in [0.2, 0.25) is 0 Å². The van der Waals surface area contributed by atoms with Crippen molar-refractivity contribution in [3.05, 3.63) is 68.3 Å². The predicted octanol–water partition coefficient (Wildman–Crippen LogP) is 4.52. The first-order chi connectivity index (χ1) is 10.1. The Labute approximate surface area is 148 Å². The Kier molecular flexibility index (Phi) is 6.33. The lowest BCUT2D eigenvalue weighted by Crippen LogP contribution is -2.38. The Morgan fingerprint density at radius 3 is 2.57 bits per heavy atom. The molecular weight excluding hydrogens is 420 g/mol. The van der Waals surface area contributed by atoms with Gasteiger partial charge in [-0.3, -0.25) is 4.79 Å². The number of alkyl halides is 1. The highest BCUT2D eigenvalue weighted by molar-refractivity contribution is 14.1. The number of hydrogen-bond acceptors (Lipinski definition) is 1. The van der Waals surface area contributed by atoms with Crippen molar-refractivity contribution in [3.63, 3.8) is 0 Å². The minimum absolute atomic E-state index is 0.114. The summed E-state index contributed by atoms with van der Waals surface area (Å²) in [5.74, 6) is 0.209. The lowest BCUT2D eigenvalue weighted by molar-refractivity contribution is 0.0939. The third-order valence-electron chi connectivity index (χ3n) is 3.02. The van der Waals surface area contributed by atoms with Crippen molar-refractivity contribution >= 4 is 51.7 Å². The van der Waals surface area contributed by atoms with Gasteiger partial charge < -0.3 is 5.32 Å². The lowest BCUT2D eigenvalue weighted by Gasteiger charge is -2.17. The molecule has 5 heteroatoms. The largest absolute Gasteiger partial charge is 0.348 e. The quantitative estimate of drug-likeness (QED) is 0.544. The fraction of sp³-hybridized carbons (Fsp3) is 0.188. The molecule has 0 aromatic heterocycles. The van der Waals surface area contributed by atoms with Gasteiger partial charge in [0.15, 0.2) is 0 Å². The van der Waals surface area contributed by atoms with E-state index in [1.165, 1.54) is 0 Å². The van der Waals surface area contributed by atoms with Crippen LogP contribution < -0.4 is 5.32 Å². The van der Waals surface area contributed by atoms with Crippen LogP contribution in [0, 0.1) is 3.57 Å². The Bertz CT molecular complexity index is 619. The average molecular weight is 434 g/mol. The molecule has 0 fully saturated rings. The van der Waals surface area contributed by atoms with Crippen LogP contribution in [0.3, 0.4) is 0 Å². The van der Waals surface area contributed by atoms with Crippen LogP contribution in [0.2, 0.25) is 5.02 Å². The topological polar surface area (TPSA) is 29.1 Å². The number of hydrogen-bond donors (Lipinski definition) is 1. The Morgan fingerprint density at radius 2 is 1.90 bits per heavy atom. The summed E-state index contributed by atoms with van der Waals surface area (Å²) in [7, 11) is 0. The van der Waals surface area contributed by atoms with Crippen LogP contribution in [0.15, 0.2) is 48.5 Å². The molecule has 0 aliphatic rings. The maximum absolute atomic E-state index is 12.3. The molecule has 0 heterocycles. The van der Waals surface area contributed by atoms with Crippen LogP contribution in [-0.2, 0) is 6.42 Å². The van der Waals surface area contributed by atoms with Gasteiger partial charge in [0.1, 0.15) is 0 Å². The van der Waals surface area contributed by atoms with Gasteiger partial charge in [-0.25, -0.2) is 0 Å². The summed E-state index contributed by atoms with van der Waals surface area (Å²) in [5.41, 5.74) is 1.72. The zero-order valence-corrected chi connectivity index (χ0v) is 14.8. The van der Waals surface area contributed by atoms with E-state index in [2.05, 4.69) is 27.9 Å². The van der Waals surface area contributed by atoms with Crippen LogP contribution in [0.1, 0.15) is 15.9 Å². The van der Waals surface area contributed by atoms with Gasteiger partial charge in [-0.05, 0) is 52.8 Å². The van der Waals surface area contributed by atoms with Gasteiger partial charge >= 0.3 is 0 Å². The monoisotopic (exact) mass is 433 g/mol. The van der Waals surface area contributed by atoms with Gasteiger partial charge in [-0.1, -0.05) is 41.9 Å². The number of amides is 1.